The third kappa shape index (κ3) is 5.19. The number of nitrogens with zero attached hydrogens (tertiary/aromatic N) is 1. The van der Waals surface area contributed by atoms with E-state index in [1.807, 2.05) is 38.1 Å². The van der Waals surface area contributed by atoms with Crippen LogP contribution in [0.2, 0.25) is 0 Å². The van der Waals surface area contributed by atoms with E-state index in [9.17, 15) is 9.59 Å². The molecule has 0 aliphatic heterocycles. The lowest BCUT2D eigenvalue weighted by Crippen LogP contribution is -2.42. The summed E-state index contributed by atoms with van der Waals surface area (Å²) < 4.78 is 4.91. The summed E-state index contributed by atoms with van der Waals surface area (Å²) in [5.74, 6) is -0.481. The van der Waals surface area contributed by atoms with Crippen LogP contribution >= 0.6 is 0 Å². The van der Waals surface area contributed by atoms with Gasteiger partial charge in [-0.1, -0.05) is 24.3 Å². The van der Waals surface area contributed by atoms with Crippen LogP contribution in [0.1, 0.15) is 31.9 Å². The lowest BCUT2D eigenvalue weighted by Gasteiger charge is -2.26. The fourth-order valence-electron chi connectivity index (χ4n) is 2.10. The molecule has 5 nitrogen and oxygen atoms in total. The van der Waals surface area contributed by atoms with E-state index in [1.165, 1.54) is 4.90 Å². The summed E-state index contributed by atoms with van der Waals surface area (Å²) >= 11 is 0. The normalized spacial score (nSPS) is 10.5. The van der Waals surface area contributed by atoms with E-state index in [0.717, 1.165) is 11.1 Å². The van der Waals surface area contributed by atoms with Crippen molar-refractivity contribution >= 4 is 11.9 Å². The summed E-state index contributed by atoms with van der Waals surface area (Å²) in [6.45, 7) is 6.20. The van der Waals surface area contributed by atoms with Crippen molar-refractivity contribution in [2.75, 3.05) is 13.2 Å². The lowest BCUT2D eigenvalue weighted by molar-refractivity contribution is -0.149. The number of carbonyl (C=O) groups excluding carboxylic acids is 2. The number of rotatable bonds is 7. The van der Waals surface area contributed by atoms with Crippen molar-refractivity contribution in [1.82, 2.24) is 4.90 Å². The molecule has 21 heavy (non-hydrogen) atoms. The van der Waals surface area contributed by atoms with E-state index in [4.69, 9.17) is 10.5 Å². The molecule has 1 amide bonds. The van der Waals surface area contributed by atoms with Crippen LogP contribution in [-0.4, -0.2) is 36.0 Å². The molecule has 0 bridgehead atoms. The molecule has 1 aromatic carbocycles. The van der Waals surface area contributed by atoms with Gasteiger partial charge in [0, 0.05) is 12.6 Å². The predicted octanol–water partition coefficient (Wildman–Crippen LogP) is 1.49. The fourth-order valence-corrected chi connectivity index (χ4v) is 2.10. The van der Waals surface area contributed by atoms with E-state index in [2.05, 4.69) is 0 Å². The van der Waals surface area contributed by atoms with Crippen LogP contribution in [0.4, 0.5) is 0 Å². The van der Waals surface area contributed by atoms with Gasteiger partial charge in [-0.25, -0.2) is 0 Å². The van der Waals surface area contributed by atoms with Crippen LogP contribution in [0, 0.1) is 0 Å². The van der Waals surface area contributed by atoms with E-state index in [-0.39, 0.29) is 30.9 Å². The van der Waals surface area contributed by atoms with E-state index < -0.39 is 0 Å². The molecule has 0 atom stereocenters. The maximum absolute atomic E-state index is 12.4. The van der Waals surface area contributed by atoms with Gasteiger partial charge < -0.3 is 15.4 Å². The monoisotopic (exact) mass is 292 g/mol. The third-order valence-corrected chi connectivity index (χ3v) is 3.23. The highest BCUT2D eigenvalue weighted by Gasteiger charge is 2.21. The fraction of sp³-hybridized carbons (Fsp3) is 0.500. The van der Waals surface area contributed by atoms with Crippen LogP contribution in [0.25, 0.3) is 0 Å². The number of hydrogen-bond acceptors (Lipinski definition) is 4. The van der Waals surface area contributed by atoms with Gasteiger partial charge in [-0.05, 0) is 31.9 Å². The van der Waals surface area contributed by atoms with Gasteiger partial charge in [0.2, 0.25) is 5.91 Å². The van der Waals surface area contributed by atoms with Gasteiger partial charge in [-0.3, -0.25) is 9.59 Å². The van der Waals surface area contributed by atoms with E-state index in [0.29, 0.717) is 13.2 Å². The maximum atomic E-state index is 12.4. The molecular weight excluding hydrogens is 268 g/mol. The minimum atomic E-state index is -0.383. The van der Waals surface area contributed by atoms with Gasteiger partial charge in [-0.15, -0.1) is 0 Å². The molecule has 116 valence electrons. The Kier molecular flexibility index (Phi) is 6.88. The largest absolute Gasteiger partial charge is 0.465 e. The molecule has 0 fully saturated rings. The minimum Gasteiger partial charge on any atom is -0.465 e. The second-order valence-corrected chi connectivity index (χ2v) is 5.07. The molecule has 0 saturated carbocycles. The molecule has 1 rings (SSSR count). The van der Waals surface area contributed by atoms with Crippen molar-refractivity contribution in [3.8, 4) is 0 Å². The highest BCUT2D eigenvalue weighted by atomic mass is 16.5. The zero-order valence-electron chi connectivity index (χ0n) is 13.0. The van der Waals surface area contributed by atoms with Crippen molar-refractivity contribution in [3.63, 3.8) is 0 Å². The zero-order valence-corrected chi connectivity index (χ0v) is 13.0. The first-order valence-corrected chi connectivity index (χ1v) is 7.21. The molecule has 0 unspecified atom stereocenters. The summed E-state index contributed by atoms with van der Waals surface area (Å²) in [5.41, 5.74) is 7.54. The molecule has 0 radical (unpaired) electrons. The highest BCUT2D eigenvalue weighted by Crippen LogP contribution is 2.11. The van der Waals surface area contributed by atoms with Crippen molar-refractivity contribution in [3.05, 3.63) is 35.4 Å². The zero-order chi connectivity index (χ0) is 15.8. The Bertz CT molecular complexity index is 486. The number of ether oxygens (including phenoxy) is 1. The van der Waals surface area contributed by atoms with Gasteiger partial charge in [0.25, 0.3) is 0 Å². The average molecular weight is 292 g/mol. The standard InChI is InChI=1S/C16H24N2O3/c1-4-21-16(20)11-18(12(2)3)15(19)9-13-7-5-6-8-14(13)10-17/h5-8,12H,4,9-11,17H2,1-3H3. The van der Waals surface area contributed by atoms with Crippen LogP contribution in [-0.2, 0) is 27.3 Å². The number of amides is 1. The molecule has 0 saturated heterocycles. The van der Waals surface area contributed by atoms with Gasteiger partial charge in [0.05, 0.1) is 13.0 Å². The summed E-state index contributed by atoms with van der Waals surface area (Å²) in [7, 11) is 0. The molecule has 0 heterocycles. The number of nitrogens with two attached hydrogens (primary N) is 1. The van der Waals surface area contributed by atoms with Crippen molar-refractivity contribution < 1.29 is 14.3 Å². The molecule has 0 aromatic heterocycles. The Balaban J connectivity index is 2.79. The predicted molar refractivity (Wildman–Crippen MR) is 81.5 cm³/mol. The van der Waals surface area contributed by atoms with Gasteiger partial charge >= 0.3 is 5.97 Å². The third-order valence-electron chi connectivity index (χ3n) is 3.23. The van der Waals surface area contributed by atoms with E-state index >= 15 is 0 Å². The van der Waals surface area contributed by atoms with Crippen LogP contribution in [0.5, 0.6) is 0 Å². The number of hydrogen-bond donors (Lipinski definition) is 1. The second kappa shape index (κ2) is 8.42. The van der Waals surface area contributed by atoms with Gasteiger partial charge in [-0.2, -0.15) is 0 Å². The van der Waals surface area contributed by atoms with Gasteiger partial charge in [0.15, 0.2) is 0 Å². The number of esters is 1. The van der Waals surface area contributed by atoms with Crippen LogP contribution in [0.15, 0.2) is 24.3 Å². The highest BCUT2D eigenvalue weighted by molar-refractivity contribution is 5.84. The number of benzene rings is 1. The first-order valence-electron chi connectivity index (χ1n) is 7.21. The van der Waals surface area contributed by atoms with Gasteiger partial charge in [0.1, 0.15) is 6.54 Å². The SMILES string of the molecule is CCOC(=O)CN(C(=O)Cc1ccccc1CN)C(C)C. The Labute approximate surface area is 126 Å². The summed E-state index contributed by atoms with van der Waals surface area (Å²) in [5, 5.41) is 0. The maximum Gasteiger partial charge on any atom is 0.325 e. The summed E-state index contributed by atoms with van der Waals surface area (Å²) in [6.07, 6.45) is 0.241. The first kappa shape index (κ1) is 17.2. The van der Waals surface area contributed by atoms with Crippen molar-refractivity contribution in [2.24, 2.45) is 5.73 Å². The quantitative estimate of drug-likeness (QED) is 0.773. The first-order chi connectivity index (χ1) is 9.99. The molecular formula is C16H24N2O3. The Morgan fingerprint density at radius 1 is 1.24 bits per heavy atom. The molecule has 0 aliphatic rings. The Morgan fingerprint density at radius 2 is 1.86 bits per heavy atom. The topological polar surface area (TPSA) is 72.6 Å². The van der Waals surface area contributed by atoms with Crippen LogP contribution in [0.3, 0.4) is 0 Å². The Morgan fingerprint density at radius 3 is 2.38 bits per heavy atom. The second-order valence-electron chi connectivity index (χ2n) is 5.07. The minimum absolute atomic E-state index is 0.0187. The molecule has 5 heteroatoms. The average Bonchev–Trinajstić information content (AvgIpc) is 2.45. The molecule has 1 aromatic rings. The summed E-state index contributed by atoms with van der Waals surface area (Å²) in [6, 6.07) is 7.52. The Hall–Kier alpha value is -1.88. The summed E-state index contributed by atoms with van der Waals surface area (Å²) in [4.78, 5) is 25.6. The van der Waals surface area contributed by atoms with Crippen molar-refractivity contribution in [2.45, 2.75) is 39.8 Å². The molecule has 2 N–H and O–H groups in total. The smallest absolute Gasteiger partial charge is 0.325 e. The lowest BCUT2D eigenvalue weighted by atomic mass is 10.0. The van der Waals surface area contributed by atoms with E-state index in [1.54, 1.807) is 6.92 Å². The molecule has 0 spiro atoms. The van der Waals surface area contributed by atoms with Crippen LogP contribution < -0.4 is 5.73 Å². The number of carbonyl (C=O) groups is 2. The van der Waals surface area contributed by atoms with Crippen molar-refractivity contribution in [1.29, 1.82) is 0 Å². The molecule has 0 aliphatic carbocycles.